The first-order valence-electron chi connectivity index (χ1n) is 8.96. The predicted octanol–water partition coefficient (Wildman–Crippen LogP) is 2.38. The van der Waals surface area contributed by atoms with Gasteiger partial charge in [-0.3, -0.25) is 0 Å². The quantitative estimate of drug-likeness (QED) is 0.777. The molecule has 134 valence electrons. The number of benzene rings is 1. The highest BCUT2D eigenvalue weighted by Crippen LogP contribution is 2.27. The number of aliphatic hydroxyl groups is 1. The molecule has 24 heavy (non-hydrogen) atoms. The second-order valence-electron chi connectivity index (χ2n) is 7.90. The van der Waals surface area contributed by atoms with Gasteiger partial charge in [0.1, 0.15) is 6.67 Å². The van der Waals surface area contributed by atoms with Gasteiger partial charge in [0.25, 0.3) is 0 Å². The van der Waals surface area contributed by atoms with Gasteiger partial charge >= 0.3 is 7.48 Å². The minimum atomic E-state index is -0.888. The molecule has 1 aliphatic heterocycles. The van der Waals surface area contributed by atoms with Crippen molar-refractivity contribution in [3.8, 4) is 0 Å². The van der Waals surface area contributed by atoms with Crippen molar-refractivity contribution in [1.29, 1.82) is 0 Å². The van der Waals surface area contributed by atoms with E-state index in [-0.39, 0.29) is 6.67 Å². The first kappa shape index (κ1) is 19.4. The molecular formula is C19H31BFNO2. The van der Waals surface area contributed by atoms with Gasteiger partial charge in [0.15, 0.2) is 0 Å². The molecule has 0 amide bonds. The Balaban J connectivity index is 1.87. The lowest BCUT2D eigenvalue weighted by Crippen LogP contribution is -2.49. The summed E-state index contributed by atoms with van der Waals surface area (Å²) in [6, 6.07) is 8.60. The smallest absolute Gasteiger partial charge is 0.309 e. The maximum absolute atomic E-state index is 12.4. The zero-order valence-electron chi connectivity index (χ0n) is 15.5. The van der Waals surface area contributed by atoms with Gasteiger partial charge < -0.3 is 14.7 Å². The van der Waals surface area contributed by atoms with Crippen LogP contribution in [0.4, 0.5) is 4.39 Å². The van der Waals surface area contributed by atoms with Crippen LogP contribution in [0.1, 0.15) is 52.0 Å². The third-order valence-corrected chi connectivity index (χ3v) is 5.51. The minimum absolute atomic E-state index is 0.250. The van der Waals surface area contributed by atoms with Gasteiger partial charge in [0.2, 0.25) is 0 Å². The molecule has 3 nitrogen and oxygen atoms in total. The first-order valence-corrected chi connectivity index (χ1v) is 8.96. The van der Waals surface area contributed by atoms with E-state index in [1.165, 1.54) is 5.56 Å². The fourth-order valence-electron chi connectivity index (χ4n) is 2.94. The summed E-state index contributed by atoms with van der Waals surface area (Å²) in [6.45, 7) is 9.65. The van der Waals surface area contributed by atoms with Gasteiger partial charge in [-0.2, -0.15) is 0 Å². The number of likely N-dealkylation sites (tertiary alicyclic amines) is 1. The van der Waals surface area contributed by atoms with Crippen molar-refractivity contribution in [2.24, 2.45) is 0 Å². The van der Waals surface area contributed by atoms with E-state index in [0.717, 1.165) is 31.4 Å². The Morgan fingerprint density at radius 3 is 2.25 bits per heavy atom. The molecule has 0 saturated carbocycles. The number of halogens is 1. The van der Waals surface area contributed by atoms with E-state index < -0.39 is 11.2 Å². The molecule has 0 atom stereocenters. The van der Waals surface area contributed by atoms with Crippen molar-refractivity contribution in [1.82, 2.24) is 4.90 Å². The Labute approximate surface area is 146 Å². The normalized spacial score (nSPS) is 17.9. The number of hydrogen-bond acceptors (Lipinski definition) is 3. The lowest BCUT2D eigenvalue weighted by atomic mass is 9.81. The fourth-order valence-corrected chi connectivity index (χ4v) is 2.94. The molecule has 1 aromatic carbocycles. The van der Waals surface area contributed by atoms with Crippen LogP contribution in [-0.4, -0.2) is 55.0 Å². The summed E-state index contributed by atoms with van der Waals surface area (Å²) in [5.41, 5.74) is 0.987. The third-order valence-electron chi connectivity index (χ3n) is 5.51. The lowest BCUT2D eigenvalue weighted by Gasteiger charge is -2.37. The Hall–Kier alpha value is -0.905. The molecule has 1 saturated heterocycles. The molecule has 0 bridgehead atoms. The van der Waals surface area contributed by atoms with Gasteiger partial charge in [0.05, 0.1) is 11.2 Å². The second-order valence-corrected chi connectivity index (χ2v) is 7.90. The molecule has 1 heterocycles. The van der Waals surface area contributed by atoms with Gasteiger partial charge in [-0.1, -0.05) is 29.7 Å². The number of alkyl halides is 1. The highest BCUT2D eigenvalue weighted by atomic mass is 19.1. The SMILES string of the molecule is CC(C)(O)C(C)(C)OBc1ccc(C2CCN(CCF)CC2)cc1. The molecule has 1 fully saturated rings. The summed E-state index contributed by atoms with van der Waals surface area (Å²) in [4.78, 5) is 2.21. The second kappa shape index (κ2) is 7.98. The van der Waals surface area contributed by atoms with Crippen LogP contribution in [0.5, 0.6) is 0 Å². The molecule has 0 radical (unpaired) electrons. The predicted molar refractivity (Wildman–Crippen MR) is 99.1 cm³/mol. The average molecular weight is 335 g/mol. The minimum Gasteiger partial charge on any atom is -0.427 e. The van der Waals surface area contributed by atoms with E-state index in [2.05, 4.69) is 29.2 Å². The molecule has 0 spiro atoms. The highest BCUT2D eigenvalue weighted by molar-refractivity contribution is 6.47. The Morgan fingerprint density at radius 1 is 1.17 bits per heavy atom. The number of nitrogens with zero attached hydrogens (tertiary/aromatic N) is 1. The number of rotatable bonds is 7. The van der Waals surface area contributed by atoms with Crippen molar-refractivity contribution < 1.29 is 14.2 Å². The topological polar surface area (TPSA) is 32.7 Å². The van der Waals surface area contributed by atoms with Gasteiger partial charge in [-0.15, -0.1) is 0 Å². The van der Waals surface area contributed by atoms with E-state index >= 15 is 0 Å². The lowest BCUT2D eigenvalue weighted by molar-refractivity contribution is -0.0893. The number of piperidine rings is 1. The summed E-state index contributed by atoms with van der Waals surface area (Å²) in [5.74, 6) is 0.573. The molecular weight excluding hydrogens is 304 g/mol. The highest BCUT2D eigenvalue weighted by Gasteiger charge is 2.35. The Morgan fingerprint density at radius 2 is 1.75 bits per heavy atom. The van der Waals surface area contributed by atoms with Crippen LogP contribution < -0.4 is 5.46 Å². The zero-order valence-corrected chi connectivity index (χ0v) is 15.5. The molecule has 1 aromatic rings. The van der Waals surface area contributed by atoms with Crippen LogP contribution in [0.3, 0.4) is 0 Å². The molecule has 0 aromatic heterocycles. The summed E-state index contributed by atoms with van der Waals surface area (Å²) >= 11 is 0. The van der Waals surface area contributed by atoms with E-state index in [9.17, 15) is 9.50 Å². The van der Waals surface area contributed by atoms with Gasteiger partial charge in [0, 0.05) is 6.54 Å². The Bertz CT molecular complexity index is 505. The van der Waals surface area contributed by atoms with Crippen LogP contribution >= 0.6 is 0 Å². The molecule has 1 N–H and O–H groups in total. The van der Waals surface area contributed by atoms with Crippen molar-refractivity contribution in [3.05, 3.63) is 29.8 Å². The van der Waals surface area contributed by atoms with Crippen LogP contribution in [0.15, 0.2) is 24.3 Å². The monoisotopic (exact) mass is 335 g/mol. The summed E-state index contributed by atoms with van der Waals surface area (Å²) < 4.78 is 18.3. The average Bonchev–Trinajstić information content (AvgIpc) is 2.54. The molecule has 5 heteroatoms. The van der Waals surface area contributed by atoms with Crippen LogP contribution in [0.25, 0.3) is 0 Å². The zero-order chi connectivity index (χ0) is 17.8. The summed E-state index contributed by atoms with van der Waals surface area (Å²) in [7, 11) is 0.492. The van der Waals surface area contributed by atoms with Crippen molar-refractivity contribution in [2.45, 2.75) is 57.7 Å². The maximum atomic E-state index is 12.4. The summed E-state index contributed by atoms with van der Waals surface area (Å²) in [5, 5.41) is 10.1. The van der Waals surface area contributed by atoms with Crippen molar-refractivity contribution in [2.75, 3.05) is 26.3 Å². The maximum Gasteiger partial charge on any atom is 0.309 e. The van der Waals surface area contributed by atoms with Crippen molar-refractivity contribution in [3.63, 3.8) is 0 Å². The van der Waals surface area contributed by atoms with E-state index in [1.807, 2.05) is 13.8 Å². The van der Waals surface area contributed by atoms with Gasteiger partial charge in [-0.05, 0) is 65.1 Å². The van der Waals surface area contributed by atoms with E-state index in [0.29, 0.717) is 19.9 Å². The molecule has 1 aliphatic rings. The first-order chi connectivity index (χ1) is 11.2. The summed E-state index contributed by atoms with van der Waals surface area (Å²) in [6.07, 6.45) is 2.20. The molecule has 2 rings (SSSR count). The molecule has 0 aliphatic carbocycles. The Kier molecular flexibility index (Phi) is 6.46. The van der Waals surface area contributed by atoms with Crippen LogP contribution in [0, 0.1) is 0 Å². The van der Waals surface area contributed by atoms with E-state index in [4.69, 9.17) is 4.65 Å². The van der Waals surface area contributed by atoms with Crippen LogP contribution in [-0.2, 0) is 4.65 Å². The fraction of sp³-hybridized carbons (Fsp3) is 0.684. The standard InChI is InChI=1S/C19H31BFNO2/c1-18(2,23)19(3,4)24-20-17-7-5-15(6-8-17)16-9-12-22(13-10-16)14-11-21/h5-8,16,20,23H,9-14H2,1-4H3. The number of hydrogen-bond donors (Lipinski definition) is 1. The van der Waals surface area contributed by atoms with Crippen LogP contribution in [0.2, 0.25) is 0 Å². The van der Waals surface area contributed by atoms with Gasteiger partial charge in [-0.25, -0.2) is 4.39 Å². The third kappa shape index (κ3) is 5.04. The molecule has 0 unspecified atom stereocenters. The van der Waals surface area contributed by atoms with E-state index in [1.54, 1.807) is 13.8 Å². The largest absolute Gasteiger partial charge is 0.427 e. The van der Waals surface area contributed by atoms with Crippen molar-refractivity contribution >= 4 is 12.9 Å².